The largest absolute Gasteiger partial charge is 0.488 e. The van der Waals surface area contributed by atoms with Crippen LogP contribution >= 0.6 is 11.6 Å². The lowest BCUT2D eigenvalue weighted by molar-refractivity contribution is 0.0506. The highest BCUT2D eigenvalue weighted by atomic mass is 35.5. The molecule has 2 aliphatic carbocycles. The van der Waals surface area contributed by atoms with Crippen molar-refractivity contribution in [1.82, 2.24) is 9.62 Å². The number of carbonyl (C=O) groups is 1. The van der Waals surface area contributed by atoms with Gasteiger partial charge in [0.05, 0.1) is 11.8 Å². The molecule has 0 aromatic heterocycles. The molecule has 2 saturated carbocycles. The van der Waals surface area contributed by atoms with Crippen molar-refractivity contribution in [3.05, 3.63) is 63.7 Å². The molecule has 188 valence electrons. The Morgan fingerprint density at radius 2 is 1.94 bits per heavy atom. The van der Waals surface area contributed by atoms with Crippen molar-refractivity contribution >= 4 is 27.5 Å². The van der Waals surface area contributed by atoms with Gasteiger partial charge in [0.15, 0.2) is 0 Å². The molecule has 5 rings (SSSR count). The Morgan fingerprint density at radius 1 is 1.20 bits per heavy atom. The molecule has 3 aliphatic rings. The fraction of sp³-hybridized carbons (Fsp3) is 0.480. The molecule has 4 atom stereocenters. The summed E-state index contributed by atoms with van der Waals surface area (Å²) < 4.78 is 59.6. The van der Waals surface area contributed by atoms with Crippen LogP contribution in [0.15, 0.2) is 30.3 Å². The minimum Gasteiger partial charge on any atom is -0.488 e. The molecule has 1 unspecified atom stereocenters. The van der Waals surface area contributed by atoms with Crippen LogP contribution in [-0.4, -0.2) is 44.2 Å². The van der Waals surface area contributed by atoms with Crippen LogP contribution < -0.4 is 9.46 Å². The molecule has 2 bridgehead atoms. The van der Waals surface area contributed by atoms with Crippen LogP contribution in [-0.2, 0) is 10.0 Å². The number of nitrogens with one attached hydrogen (secondary N) is 1. The van der Waals surface area contributed by atoms with Crippen LogP contribution in [0, 0.1) is 17.6 Å². The summed E-state index contributed by atoms with van der Waals surface area (Å²) in [5.74, 6) is -1.20. The van der Waals surface area contributed by atoms with E-state index in [0.29, 0.717) is 16.7 Å². The smallest absolute Gasteiger partial charge is 0.267 e. The molecule has 1 amide bonds. The van der Waals surface area contributed by atoms with Gasteiger partial charge in [0.2, 0.25) is 10.0 Å². The molecule has 1 heterocycles. The van der Waals surface area contributed by atoms with Crippen LogP contribution in [0.4, 0.5) is 8.78 Å². The van der Waals surface area contributed by atoms with Gasteiger partial charge >= 0.3 is 0 Å². The number of likely N-dealkylation sites (tertiary alicyclic amines) is 1. The summed E-state index contributed by atoms with van der Waals surface area (Å²) in [6.45, 7) is 2.93. The highest BCUT2D eigenvalue weighted by Gasteiger charge is 2.48. The number of rotatable bonds is 7. The molecule has 1 saturated heterocycles. The van der Waals surface area contributed by atoms with Crippen molar-refractivity contribution in [2.24, 2.45) is 5.92 Å². The van der Waals surface area contributed by atoms with Gasteiger partial charge in [-0.3, -0.25) is 9.69 Å². The molecular weight excluding hydrogens is 498 g/mol. The van der Waals surface area contributed by atoms with Gasteiger partial charge in [-0.2, -0.15) is 0 Å². The van der Waals surface area contributed by atoms with Gasteiger partial charge in [0.25, 0.3) is 5.91 Å². The van der Waals surface area contributed by atoms with Crippen LogP contribution in [0.5, 0.6) is 5.75 Å². The lowest BCUT2D eigenvalue weighted by Gasteiger charge is -2.38. The summed E-state index contributed by atoms with van der Waals surface area (Å²) >= 11 is 6.32. The zero-order valence-electron chi connectivity index (χ0n) is 19.4. The first-order valence-electron chi connectivity index (χ1n) is 11.7. The maximum atomic E-state index is 14.9. The summed E-state index contributed by atoms with van der Waals surface area (Å²) in [5, 5.41) is 0.388. The van der Waals surface area contributed by atoms with Crippen molar-refractivity contribution in [3.8, 4) is 5.75 Å². The Balaban J connectivity index is 1.38. The molecule has 0 spiro atoms. The fourth-order valence-corrected chi connectivity index (χ4v) is 6.32. The minimum absolute atomic E-state index is 0.0359. The van der Waals surface area contributed by atoms with E-state index >= 15 is 0 Å². The van der Waals surface area contributed by atoms with Gasteiger partial charge < -0.3 is 4.74 Å². The quantitative estimate of drug-likeness (QED) is 0.564. The van der Waals surface area contributed by atoms with Crippen molar-refractivity contribution < 1.29 is 26.7 Å². The van der Waals surface area contributed by atoms with E-state index in [0.717, 1.165) is 49.6 Å². The molecular formula is C25H27ClF2N2O4S. The maximum absolute atomic E-state index is 14.9. The van der Waals surface area contributed by atoms with E-state index in [-0.39, 0.29) is 35.5 Å². The number of ether oxygens (including phenoxy) is 1. The second-order valence-electron chi connectivity index (χ2n) is 9.95. The van der Waals surface area contributed by atoms with Crippen molar-refractivity contribution in [3.63, 3.8) is 0 Å². The van der Waals surface area contributed by atoms with E-state index in [4.69, 9.17) is 16.3 Å². The highest BCUT2D eigenvalue weighted by molar-refractivity contribution is 7.89. The average molecular weight is 525 g/mol. The topological polar surface area (TPSA) is 75.7 Å². The van der Waals surface area contributed by atoms with E-state index < -0.39 is 21.7 Å². The van der Waals surface area contributed by atoms with E-state index in [1.807, 2.05) is 11.6 Å². The Morgan fingerprint density at radius 3 is 2.57 bits per heavy atom. The number of nitrogens with zero attached hydrogens (tertiary/aromatic N) is 1. The Hall–Kier alpha value is -2.23. The van der Waals surface area contributed by atoms with Crippen molar-refractivity contribution in [2.75, 3.05) is 12.8 Å². The summed E-state index contributed by atoms with van der Waals surface area (Å²) in [6.07, 6.45) is 4.28. The number of sulfonamides is 1. The third kappa shape index (κ3) is 5.04. The standard InChI is InChI=1S/C25H27ClF2N2O4S/c1-13(17-6-5-16(27)9-20(17)26)30-12-14-7-22(30)24(8-14)34-23-11-21(28)19(10-18(23)15-3-4-15)25(31)29-35(2,32)33/h5-6,9-11,13-15,22,24H,3-4,7-8,12H2,1-2H3,(H,29,31)/t13-,14?,22+,24-/m1/s1. The van der Waals surface area contributed by atoms with Crippen LogP contribution in [0.3, 0.4) is 0 Å². The number of piperidine rings is 1. The van der Waals surface area contributed by atoms with Crippen LogP contribution in [0.2, 0.25) is 5.02 Å². The van der Waals surface area contributed by atoms with Crippen LogP contribution in [0.1, 0.15) is 66.1 Å². The lowest BCUT2D eigenvalue weighted by atomic mass is 10.0. The SMILES string of the molecule is C[C@H](c1ccc(F)cc1Cl)N1CC2C[C@@H](Oc3cc(F)c(C(=O)NS(C)(=O)=O)cc3C3CC3)[C@@H]1C2. The van der Waals surface area contributed by atoms with Gasteiger partial charge in [-0.1, -0.05) is 17.7 Å². The molecule has 10 heteroatoms. The van der Waals surface area contributed by atoms with E-state index in [2.05, 4.69) is 4.90 Å². The third-order valence-electron chi connectivity index (χ3n) is 7.29. The third-order valence-corrected chi connectivity index (χ3v) is 8.18. The zero-order chi connectivity index (χ0) is 25.1. The first-order valence-corrected chi connectivity index (χ1v) is 14.0. The number of amides is 1. The normalized spacial score (nSPS) is 25.0. The predicted octanol–water partition coefficient (Wildman–Crippen LogP) is 4.79. The molecule has 3 fully saturated rings. The number of benzene rings is 2. The Kier molecular flexibility index (Phi) is 6.30. The molecule has 1 aliphatic heterocycles. The van der Waals surface area contributed by atoms with Crippen molar-refractivity contribution in [2.45, 2.75) is 56.7 Å². The number of fused-ring (bicyclic) bond motifs is 2. The van der Waals surface area contributed by atoms with E-state index in [9.17, 15) is 22.0 Å². The lowest BCUT2D eigenvalue weighted by Crippen LogP contribution is -2.45. The monoisotopic (exact) mass is 524 g/mol. The van der Waals surface area contributed by atoms with Gasteiger partial charge in [0.1, 0.15) is 23.5 Å². The summed E-state index contributed by atoms with van der Waals surface area (Å²) in [5.41, 5.74) is 1.28. The van der Waals surface area contributed by atoms with E-state index in [1.165, 1.54) is 24.3 Å². The van der Waals surface area contributed by atoms with Gasteiger partial charge in [0, 0.05) is 29.7 Å². The number of carbonyl (C=O) groups excluding carboxylic acids is 1. The minimum atomic E-state index is -3.82. The summed E-state index contributed by atoms with van der Waals surface area (Å²) in [7, 11) is -3.82. The summed E-state index contributed by atoms with van der Waals surface area (Å²) in [4.78, 5) is 14.6. The number of hydrogen-bond acceptors (Lipinski definition) is 5. The molecule has 0 radical (unpaired) electrons. The molecule has 2 aromatic rings. The van der Waals surface area contributed by atoms with Gasteiger partial charge in [-0.05, 0) is 73.8 Å². The Labute approximate surface area is 208 Å². The second kappa shape index (κ2) is 9.01. The molecule has 2 aromatic carbocycles. The first-order chi connectivity index (χ1) is 16.5. The molecule has 6 nitrogen and oxygen atoms in total. The highest BCUT2D eigenvalue weighted by Crippen LogP contribution is 2.48. The van der Waals surface area contributed by atoms with Gasteiger partial charge in [-0.25, -0.2) is 21.9 Å². The zero-order valence-corrected chi connectivity index (χ0v) is 21.0. The Bertz CT molecular complexity index is 1280. The second-order valence-corrected chi connectivity index (χ2v) is 12.1. The summed E-state index contributed by atoms with van der Waals surface area (Å²) in [6, 6.07) is 7.14. The first kappa shape index (κ1) is 24.5. The van der Waals surface area contributed by atoms with Gasteiger partial charge in [-0.15, -0.1) is 0 Å². The average Bonchev–Trinajstić information content (AvgIpc) is 3.41. The number of hydrogen-bond donors (Lipinski definition) is 1. The van der Waals surface area contributed by atoms with Crippen LogP contribution in [0.25, 0.3) is 0 Å². The maximum Gasteiger partial charge on any atom is 0.267 e. The predicted molar refractivity (Wildman–Crippen MR) is 128 cm³/mol. The van der Waals surface area contributed by atoms with E-state index in [1.54, 1.807) is 6.07 Å². The number of halogens is 3. The van der Waals surface area contributed by atoms with Crippen molar-refractivity contribution in [1.29, 1.82) is 0 Å². The fourth-order valence-electron chi connectivity index (χ4n) is 5.55. The molecule has 1 N–H and O–H groups in total. The molecule has 35 heavy (non-hydrogen) atoms.